The highest BCUT2D eigenvalue weighted by atomic mass is 16.5. The Bertz CT molecular complexity index is 1230. The molecule has 9 heteroatoms. The third-order valence-electron chi connectivity index (χ3n) is 4.66. The number of anilines is 1. The van der Waals surface area contributed by atoms with Crippen LogP contribution in [-0.4, -0.2) is 27.5 Å². The third kappa shape index (κ3) is 4.72. The van der Waals surface area contributed by atoms with Gasteiger partial charge < -0.3 is 15.2 Å². The molecule has 31 heavy (non-hydrogen) atoms. The molecule has 0 aliphatic carbocycles. The van der Waals surface area contributed by atoms with E-state index >= 15 is 0 Å². The molecule has 0 saturated heterocycles. The summed E-state index contributed by atoms with van der Waals surface area (Å²) in [4.78, 5) is 48.7. The lowest BCUT2D eigenvalue weighted by molar-refractivity contribution is 0.0474. The number of nitrogen functional groups attached to an aromatic ring is 1. The number of nitrogens with two attached hydrogens (primary N) is 1. The smallest absolute Gasteiger partial charge is 0.338 e. The highest BCUT2D eigenvalue weighted by Crippen LogP contribution is 2.15. The van der Waals surface area contributed by atoms with Crippen LogP contribution in [0, 0.1) is 0 Å². The number of aromatic nitrogens is 2. The SMILES string of the molecule is Cn1c(N)c(C(=O)COC(=O)c2ccc(OCc3ccccc3)cc2)c(=O)n(C)c1=O. The second kappa shape index (κ2) is 9.12. The van der Waals surface area contributed by atoms with Gasteiger partial charge in [-0.3, -0.25) is 18.7 Å². The first-order chi connectivity index (χ1) is 14.8. The maximum atomic E-state index is 12.4. The number of rotatable bonds is 7. The Kier molecular flexibility index (Phi) is 6.35. The van der Waals surface area contributed by atoms with Gasteiger partial charge in [-0.05, 0) is 29.8 Å². The van der Waals surface area contributed by atoms with Crippen molar-refractivity contribution >= 4 is 17.6 Å². The quantitative estimate of drug-likeness (QED) is 0.449. The zero-order valence-corrected chi connectivity index (χ0v) is 17.0. The minimum absolute atomic E-state index is 0.209. The van der Waals surface area contributed by atoms with E-state index in [0.717, 1.165) is 14.7 Å². The summed E-state index contributed by atoms with van der Waals surface area (Å²) < 4.78 is 12.4. The van der Waals surface area contributed by atoms with Crippen molar-refractivity contribution in [1.29, 1.82) is 0 Å². The Morgan fingerprint density at radius 3 is 2.23 bits per heavy atom. The monoisotopic (exact) mass is 423 g/mol. The van der Waals surface area contributed by atoms with Crippen LogP contribution in [0.2, 0.25) is 0 Å². The lowest BCUT2D eigenvalue weighted by Gasteiger charge is -2.11. The van der Waals surface area contributed by atoms with E-state index in [-0.39, 0.29) is 11.4 Å². The van der Waals surface area contributed by atoms with Gasteiger partial charge in [-0.1, -0.05) is 30.3 Å². The van der Waals surface area contributed by atoms with Gasteiger partial charge in [0.1, 0.15) is 23.7 Å². The average molecular weight is 423 g/mol. The highest BCUT2D eigenvalue weighted by Gasteiger charge is 2.21. The molecule has 160 valence electrons. The maximum Gasteiger partial charge on any atom is 0.338 e. The Balaban J connectivity index is 1.63. The van der Waals surface area contributed by atoms with Crippen LogP contribution in [0.1, 0.15) is 26.3 Å². The molecule has 2 N–H and O–H groups in total. The van der Waals surface area contributed by atoms with Crippen LogP contribution in [0.4, 0.5) is 5.82 Å². The van der Waals surface area contributed by atoms with Gasteiger partial charge in [0.05, 0.1) is 5.56 Å². The molecule has 1 heterocycles. The first kappa shape index (κ1) is 21.6. The lowest BCUT2D eigenvalue weighted by Crippen LogP contribution is -2.42. The number of carbonyl (C=O) groups is 2. The number of benzene rings is 2. The van der Waals surface area contributed by atoms with E-state index in [1.807, 2.05) is 30.3 Å². The van der Waals surface area contributed by atoms with Gasteiger partial charge in [-0.25, -0.2) is 9.59 Å². The number of esters is 1. The molecule has 0 saturated carbocycles. The number of hydrogen-bond donors (Lipinski definition) is 1. The minimum atomic E-state index is -0.846. The van der Waals surface area contributed by atoms with Crippen molar-refractivity contribution in [2.24, 2.45) is 14.1 Å². The van der Waals surface area contributed by atoms with Crippen molar-refractivity contribution in [3.63, 3.8) is 0 Å². The molecular formula is C22H21N3O6. The molecule has 0 bridgehead atoms. The van der Waals surface area contributed by atoms with E-state index < -0.39 is 35.2 Å². The second-order valence-electron chi connectivity index (χ2n) is 6.76. The number of nitrogens with zero attached hydrogens (tertiary/aromatic N) is 2. The van der Waals surface area contributed by atoms with Crippen molar-refractivity contribution in [1.82, 2.24) is 9.13 Å². The van der Waals surface area contributed by atoms with Gasteiger partial charge in [0.15, 0.2) is 6.61 Å². The van der Waals surface area contributed by atoms with Crippen LogP contribution in [-0.2, 0) is 25.4 Å². The summed E-state index contributed by atoms with van der Waals surface area (Å²) in [7, 11) is 2.57. The molecule has 0 radical (unpaired) electrons. The second-order valence-corrected chi connectivity index (χ2v) is 6.76. The van der Waals surface area contributed by atoms with E-state index in [4.69, 9.17) is 15.2 Å². The fourth-order valence-corrected chi connectivity index (χ4v) is 2.84. The van der Waals surface area contributed by atoms with E-state index in [1.54, 1.807) is 12.1 Å². The van der Waals surface area contributed by atoms with E-state index in [2.05, 4.69) is 0 Å². The van der Waals surface area contributed by atoms with E-state index in [1.165, 1.54) is 26.2 Å². The standard InChI is InChI=1S/C22H21N3O6/c1-24-19(23)18(20(27)25(2)22(24)29)17(26)13-31-21(28)15-8-10-16(11-9-15)30-12-14-6-4-3-5-7-14/h3-11H,12-13,23H2,1-2H3. The summed E-state index contributed by atoms with van der Waals surface area (Å²) in [6.07, 6.45) is 0. The van der Waals surface area contributed by atoms with Crippen LogP contribution in [0.25, 0.3) is 0 Å². The molecule has 1 aromatic heterocycles. The number of ketones is 1. The van der Waals surface area contributed by atoms with Crippen LogP contribution < -0.4 is 21.7 Å². The molecule has 2 aromatic carbocycles. The van der Waals surface area contributed by atoms with Crippen LogP contribution in [0.15, 0.2) is 64.2 Å². The Morgan fingerprint density at radius 2 is 1.58 bits per heavy atom. The number of Topliss-reactive ketones (excluding diaryl/α,β-unsaturated/α-hetero) is 1. The first-order valence-electron chi connectivity index (χ1n) is 9.32. The molecule has 0 aliphatic heterocycles. The summed E-state index contributed by atoms with van der Waals surface area (Å²) in [5, 5.41) is 0. The molecule has 0 atom stereocenters. The van der Waals surface area contributed by atoms with Crippen molar-refractivity contribution < 1.29 is 19.1 Å². The van der Waals surface area contributed by atoms with Gasteiger partial charge >= 0.3 is 11.7 Å². The number of ether oxygens (including phenoxy) is 2. The molecule has 0 unspecified atom stereocenters. The molecular weight excluding hydrogens is 402 g/mol. The zero-order chi connectivity index (χ0) is 22.5. The lowest BCUT2D eigenvalue weighted by atomic mass is 10.2. The maximum absolute atomic E-state index is 12.4. The summed E-state index contributed by atoms with van der Waals surface area (Å²) in [5.41, 5.74) is 5.04. The van der Waals surface area contributed by atoms with Crippen molar-refractivity contribution in [3.8, 4) is 5.75 Å². The summed E-state index contributed by atoms with van der Waals surface area (Å²) >= 11 is 0. The normalized spacial score (nSPS) is 10.5. The summed E-state index contributed by atoms with van der Waals surface area (Å²) in [6.45, 7) is -0.308. The minimum Gasteiger partial charge on any atom is -0.489 e. The van der Waals surface area contributed by atoms with Gasteiger partial charge in [0.2, 0.25) is 5.78 Å². The molecule has 0 fully saturated rings. The Labute approximate surface area is 177 Å². The molecule has 0 spiro atoms. The van der Waals surface area contributed by atoms with Gasteiger partial charge in [0, 0.05) is 14.1 Å². The third-order valence-corrected chi connectivity index (χ3v) is 4.66. The molecule has 0 aliphatic rings. The molecule has 9 nitrogen and oxygen atoms in total. The molecule has 3 rings (SSSR count). The van der Waals surface area contributed by atoms with Gasteiger partial charge in [-0.15, -0.1) is 0 Å². The highest BCUT2D eigenvalue weighted by molar-refractivity contribution is 6.02. The Hall–Kier alpha value is -4.14. The largest absolute Gasteiger partial charge is 0.489 e. The fraction of sp³-hybridized carbons (Fsp3) is 0.182. The van der Waals surface area contributed by atoms with E-state index in [0.29, 0.717) is 12.4 Å². The van der Waals surface area contributed by atoms with Crippen LogP contribution in [0.3, 0.4) is 0 Å². The van der Waals surface area contributed by atoms with E-state index in [9.17, 15) is 19.2 Å². The van der Waals surface area contributed by atoms with Crippen LogP contribution >= 0.6 is 0 Å². The molecule has 3 aromatic rings. The average Bonchev–Trinajstić information content (AvgIpc) is 2.79. The fourth-order valence-electron chi connectivity index (χ4n) is 2.84. The first-order valence-corrected chi connectivity index (χ1v) is 9.32. The summed E-state index contributed by atoms with van der Waals surface area (Å²) in [5.74, 6) is -1.26. The van der Waals surface area contributed by atoms with Gasteiger partial charge in [-0.2, -0.15) is 0 Å². The zero-order valence-electron chi connectivity index (χ0n) is 17.0. The topological polar surface area (TPSA) is 123 Å². The molecule has 0 amide bonds. The predicted molar refractivity (Wildman–Crippen MR) is 113 cm³/mol. The predicted octanol–water partition coefficient (Wildman–Crippen LogP) is 1.28. The van der Waals surface area contributed by atoms with Crippen molar-refractivity contribution in [2.75, 3.05) is 12.3 Å². The number of hydrogen-bond acceptors (Lipinski definition) is 7. The number of carbonyl (C=O) groups excluding carboxylic acids is 2. The summed E-state index contributed by atoms with van der Waals surface area (Å²) in [6, 6.07) is 15.9. The van der Waals surface area contributed by atoms with Gasteiger partial charge in [0.25, 0.3) is 5.56 Å². The van der Waals surface area contributed by atoms with Crippen molar-refractivity contribution in [3.05, 3.63) is 92.1 Å². The Morgan fingerprint density at radius 1 is 0.935 bits per heavy atom. The van der Waals surface area contributed by atoms with Crippen LogP contribution in [0.5, 0.6) is 5.75 Å². The van der Waals surface area contributed by atoms with Crippen molar-refractivity contribution in [2.45, 2.75) is 6.61 Å².